The summed E-state index contributed by atoms with van der Waals surface area (Å²) in [6, 6.07) is 19.4. The molecule has 11 heteroatoms. The van der Waals surface area contributed by atoms with Gasteiger partial charge in [-0.2, -0.15) is 5.48 Å². The highest BCUT2D eigenvalue weighted by atomic mass is 16.6. The molecule has 0 aromatic heterocycles. The third-order valence-electron chi connectivity index (χ3n) is 7.59. The maximum atomic E-state index is 5.64. The minimum absolute atomic E-state index is 0.524. The van der Waals surface area contributed by atoms with Crippen LogP contribution in [0.5, 0.6) is 0 Å². The van der Waals surface area contributed by atoms with E-state index in [9.17, 15) is 0 Å². The minimum atomic E-state index is 0.524. The predicted octanol–water partition coefficient (Wildman–Crippen LogP) is 5.74. The van der Waals surface area contributed by atoms with Gasteiger partial charge in [-0.05, 0) is 52.4 Å². The molecule has 0 fully saturated rings. The predicted molar refractivity (Wildman–Crippen MR) is 196 cm³/mol. The summed E-state index contributed by atoms with van der Waals surface area (Å²) >= 11 is 0. The lowest BCUT2D eigenvalue weighted by Gasteiger charge is -2.09. The maximum Gasteiger partial charge on any atom is 0.0701 e. The number of hydrogen-bond acceptors (Lipinski definition) is 11. The van der Waals surface area contributed by atoms with E-state index in [0.717, 1.165) is 32.3 Å². The van der Waals surface area contributed by atoms with Crippen molar-refractivity contribution in [2.45, 2.75) is 39.2 Å². The topological polar surface area (TPSA) is 104 Å². The summed E-state index contributed by atoms with van der Waals surface area (Å²) in [6.45, 7) is 13.8. The van der Waals surface area contributed by atoms with Gasteiger partial charge in [-0.3, -0.25) is 0 Å². The summed E-state index contributed by atoms with van der Waals surface area (Å²) in [5.74, 6) is 0. The van der Waals surface area contributed by atoms with Crippen molar-refractivity contribution in [1.29, 1.82) is 0 Å². The van der Waals surface area contributed by atoms with Crippen molar-refractivity contribution in [3.05, 3.63) is 60.2 Å². The maximum absolute atomic E-state index is 5.64. The van der Waals surface area contributed by atoms with Crippen LogP contribution in [0.3, 0.4) is 0 Å². The zero-order chi connectivity index (χ0) is 35.0. The van der Waals surface area contributed by atoms with Crippen molar-refractivity contribution in [3.8, 4) is 0 Å². The molecule has 1 N–H and O–H groups in total. The Balaban J connectivity index is 0.952. The Bertz CT molecular complexity index is 1220. The molecule has 0 heterocycles. The zero-order valence-electron chi connectivity index (χ0n) is 30.2. The molecule has 282 valence electrons. The molecule has 0 spiro atoms. The summed E-state index contributed by atoms with van der Waals surface area (Å²) in [7, 11) is 0. The van der Waals surface area contributed by atoms with Crippen LogP contribution in [0.25, 0.3) is 21.5 Å². The summed E-state index contributed by atoms with van der Waals surface area (Å²) < 4.78 is 49.6. The van der Waals surface area contributed by atoms with Crippen molar-refractivity contribution in [3.63, 3.8) is 0 Å². The van der Waals surface area contributed by atoms with Crippen molar-refractivity contribution >= 4 is 21.5 Å². The van der Waals surface area contributed by atoms with Crippen LogP contribution in [0.1, 0.15) is 38.2 Å². The van der Waals surface area contributed by atoms with Crippen LogP contribution in [-0.4, -0.2) is 126 Å². The normalized spacial score (nSPS) is 11.7. The van der Waals surface area contributed by atoms with Gasteiger partial charge in [0.05, 0.1) is 112 Å². The van der Waals surface area contributed by atoms with E-state index in [1.165, 1.54) is 27.1 Å². The fraction of sp³-hybridized carbons (Fsp3) is 0.641. The van der Waals surface area contributed by atoms with E-state index in [1.807, 2.05) is 0 Å². The second kappa shape index (κ2) is 30.4. The molecule has 0 aliphatic heterocycles. The Morgan fingerprint density at radius 3 is 1.34 bits per heavy atom. The van der Waals surface area contributed by atoms with Crippen molar-refractivity contribution in [2.24, 2.45) is 0 Å². The van der Waals surface area contributed by atoms with Crippen LogP contribution < -0.4 is 5.48 Å². The lowest BCUT2D eigenvalue weighted by Crippen LogP contribution is -2.15. The van der Waals surface area contributed by atoms with Gasteiger partial charge in [0.1, 0.15) is 0 Å². The average Bonchev–Trinajstić information content (AvgIpc) is 3.14. The highest BCUT2D eigenvalue weighted by Crippen LogP contribution is 2.26. The number of nitrogens with one attached hydrogen (secondary N) is 1. The van der Waals surface area contributed by atoms with Gasteiger partial charge in [0.25, 0.3) is 0 Å². The standard InChI is InChI=1S/C39H61NO10/c1-2-3-14-41-17-19-43-21-23-45-25-27-47-29-31-49-32-30-48-28-26-46-24-22-44-20-18-42-15-6-7-16-50-40-34-35-10-13-39-37(33-35)12-11-36-8-4-5-9-38(36)39/h4-5,8-13,33,40H,2-3,6-7,14-32,34H2,1H3. The van der Waals surface area contributed by atoms with Crippen LogP contribution in [0, 0.1) is 0 Å². The van der Waals surface area contributed by atoms with E-state index in [0.29, 0.717) is 125 Å². The smallest absolute Gasteiger partial charge is 0.0701 e. The molecule has 3 aromatic rings. The van der Waals surface area contributed by atoms with Crippen LogP contribution >= 0.6 is 0 Å². The molecule has 50 heavy (non-hydrogen) atoms. The van der Waals surface area contributed by atoms with Gasteiger partial charge in [-0.25, -0.2) is 0 Å². The summed E-state index contributed by atoms with van der Waals surface area (Å²) in [5, 5.41) is 5.07. The Labute approximate surface area is 299 Å². The zero-order valence-corrected chi connectivity index (χ0v) is 30.2. The third-order valence-corrected chi connectivity index (χ3v) is 7.59. The molecular weight excluding hydrogens is 642 g/mol. The average molecular weight is 704 g/mol. The number of rotatable bonds is 35. The fourth-order valence-electron chi connectivity index (χ4n) is 4.87. The van der Waals surface area contributed by atoms with Gasteiger partial charge in [0.15, 0.2) is 0 Å². The number of hydroxylamine groups is 1. The molecule has 0 unspecified atom stereocenters. The SMILES string of the molecule is CCCCOCCOCCOCCOCCOCCOCCOCCOCCOCCCCONCc1ccc2c(ccc3ccccc32)c1. The molecule has 0 bridgehead atoms. The first-order chi connectivity index (χ1) is 24.9. The Kier molecular flexibility index (Phi) is 25.6. The van der Waals surface area contributed by atoms with E-state index < -0.39 is 0 Å². The van der Waals surface area contributed by atoms with Gasteiger partial charge < -0.3 is 47.5 Å². The highest BCUT2D eigenvalue weighted by molar-refractivity contribution is 6.07. The van der Waals surface area contributed by atoms with E-state index in [1.54, 1.807) is 0 Å². The van der Waals surface area contributed by atoms with E-state index in [-0.39, 0.29) is 0 Å². The van der Waals surface area contributed by atoms with Crippen molar-refractivity contribution in [1.82, 2.24) is 5.48 Å². The molecule has 0 saturated carbocycles. The van der Waals surface area contributed by atoms with Crippen molar-refractivity contribution < 1.29 is 47.5 Å². The summed E-state index contributed by atoms with van der Waals surface area (Å²) in [4.78, 5) is 5.61. The van der Waals surface area contributed by atoms with Crippen molar-refractivity contribution in [2.75, 3.05) is 126 Å². The van der Waals surface area contributed by atoms with E-state index in [4.69, 9.17) is 47.5 Å². The second-order valence-electron chi connectivity index (χ2n) is 11.6. The first-order valence-corrected chi connectivity index (χ1v) is 18.3. The van der Waals surface area contributed by atoms with Gasteiger partial charge in [0, 0.05) is 19.8 Å². The van der Waals surface area contributed by atoms with Gasteiger partial charge in [0.2, 0.25) is 0 Å². The molecule has 3 rings (SSSR count). The molecule has 0 saturated heterocycles. The highest BCUT2D eigenvalue weighted by Gasteiger charge is 2.02. The van der Waals surface area contributed by atoms with Crippen LogP contribution in [0.15, 0.2) is 54.6 Å². The molecule has 0 amide bonds. The van der Waals surface area contributed by atoms with Crippen LogP contribution in [-0.2, 0) is 54.0 Å². The van der Waals surface area contributed by atoms with E-state index >= 15 is 0 Å². The van der Waals surface area contributed by atoms with E-state index in [2.05, 4.69) is 67.0 Å². The largest absolute Gasteiger partial charge is 0.379 e. The molecule has 0 aliphatic rings. The monoisotopic (exact) mass is 703 g/mol. The first-order valence-electron chi connectivity index (χ1n) is 18.3. The molecule has 0 aliphatic carbocycles. The van der Waals surface area contributed by atoms with Crippen LogP contribution in [0.2, 0.25) is 0 Å². The fourth-order valence-corrected chi connectivity index (χ4v) is 4.87. The summed E-state index contributed by atoms with van der Waals surface area (Å²) in [5.41, 5.74) is 4.28. The quantitative estimate of drug-likeness (QED) is 0.0461. The molecule has 11 nitrogen and oxygen atoms in total. The number of ether oxygens (including phenoxy) is 9. The minimum Gasteiger partial charge on any atom is -0.379 e. The molecule has 0 radical (unpaired) electrons. The number of fused-ring (bicyclic) bond motifs is 3. The van der Waals surface area contributed by atoms with Gasteiger partial charge in [-0.15, -0.1) is 0 Å². The number of hydrogen-bond donors (Lipinski definition) is 1. The summed E-state index contributed by atoms with van der Waals surface area (Å²) in [6.07, 6.45) is 4.11. The Hall–Kier alpha value is -2.26. The molecule has 3 aromatic carbocycles. The lowest BCUT2D eigenvalue weighted by atomic mass is 10.0. The number of benzene rings is 3. The molecular formula is C39H61NO10. The first kappa shape index (κ1) is 42.2. The second-order valence-corrected chi connectivity index (χ2v) is 11.6. The van der Waals surface area contributed by atoms with Gasteiger partial charge >= 0.3 is 0 Å². The number of unbranched alkanes of at least 4 members (excludes halogenated alkanes) is 2. The molecule has 0 atom stereocenters. The Morgan fingerprint density at radius 2 is 0.820 bits per heavy atom. The van der Waals surface area contributed by atoms with Crippen LogP contribution in [0.4, 0.5) is 0 Å². The lowest BCUT2D eigenvalue weighted by molar-refractivity contribution is -0.0252. The van der Waals surface area contributed by atoms with Gasteiger partial charge in [-0.1, -0.05) is 61.9 Å². The Morgan fingerprint density at radius 1 is 0.400 bits per heavy atom. The third kappa shape index (κ3) is 20.6.